The molecule has 0 spiro atoms. The number of urea groups is 1. The molecule has 1 unspecified atom stereocenters. The predicted octanol–water partition coefficient (Wildman–Crippen LogP) is 3.08. The van der Waals surface area contributed by atoms with Crippen LogP contribution in [0, 0.1) is 18.6 Å². The van der Waals surface area contributed by atoms with Gasteiger partial charge in [-0.2, -0.15) is 0 Å². The van der Waals surface area contributed by atoms with Gasteiger partial charge in [0.2, 0.25) is 5.91 Å². The topological polar surface area (TPSA) is 87.7 Å². The van der Waals surface area contributed by atoms with Crippen LogP contribution < -0.4 is 15.4 Å². The van der Waals surface area contributed by atoms with Crippen LogP contribution in [0.1, 0.15) is 24.5 Å². The number of nitrogens with one attached hydrogen (secondary N) is 2. The first kappa shape index (κ1) is 21.2. The van der Waals surface area contributed by atoms with E-state index in [4.69, 9.17) is 4.74 Å². The lowest BCUT2D eigenvalue weighted by Gasteiger charge is -2.26. The van der Waals surface area contributed by atoms with Gasteiger partial charge in [0.05, 0.1) is 7.11 Å². The molecule has 0 bridgehead atoms. The van der Waals surface area contributed by atoms with Crippen molar-refractivity contribution in [2.24, 2.45) is 0 Å². The molecular weight excluding hydrogens is 396 g/mol. The maximum atomic E-state index is 13.3. The van der Waals surface area contributed by atoms with Gasteiger partial charge in [-0.3, -0.25) is 14.5 Å². The van der Waals surface area contributed by atoms with Crippen LogP contribution in [0.5, 0.6) is 5.75 Å². The van der Waals surface area contributed by atoms with Crippen molar-refractivity contribution in [1.82, 2.24) is 10.2 Å². The highest BCUT2D eigenvalue weighted by Gasteiger charge is 2.51. The van der Waals surface area contributed by atoms with Gasteiger partial charge in [-0.25, -0.2) is 13.6 Å². The number of benzene rings is 2. The van der Waals surface area contributed by atoms with E-state index >= 15 is 0 Å². The molecule has 2 N–H and O–H groups in total. The number of carbonyl (C=O) groups excluding carboxylic acids is 3. The van der Waals surface area contributed by atoms with Crippen molar-refractivity contribution in [3.8, 4) is 5.75 Å². The van der Waals surface area contributed by atoms with Crippen molar-refractivity contribution in [2.45, 2.75) is 25.8 Å². The van der Waals surface area contributed by atoms with Crippen LogP contribution in [-0.4, -0.2) is 36.4 Å². The number of carbonyl (C=O) groups is 3. The second kappa shape index (κ2) is 8.10. The van der Waals surface area contributed by atoms with Crippen LogP contribution in [0.25, 0.3) is 0 Å². The summed E-state index contributed by atoms with van der Waals surface area (Å²) in [6.45, 7) is 3.00. The molecular formula is C21H21F2N3O4. The van der Waals surface area contributed by atoms with E-state index < -0.39 is 41.6 Å². The van der Waals surface area contributed by atoms with E-state index in [1.807, 2.05) is 6.92 Å². The molecule has 30 heavy (non-hydrogen) atoms. The van der Waals surface area contributed by atoms with Gasteiger partial charge in [-0.05, 0) is 48.7 Å². The normalized spacial score (nSPS) is 18.4. The van der Waals surface area contributed by atoms with Crippen LogP contribution in [0.2, 0.25) is 0 Å². The summed E-state index contributed by atoms with van der Waals surface area (Å²) in [5.41, 5.74) is 0.0687. The zero-order valence-corrected chi connectivity index (χ0v) is 16.7. The Morgan fingerprint density at radius 3 is 2.50 bits per heavy atom. The van der Waals surface area contributed by atoms with E-state index in [0.717, 1.165) is 22.6 Å². The molecule has 158 valence electrons. The van der Waals surface area contributed by atoms with Crippen molar-refractivity contribution >= 4 is 23.5 Å². The summed E-state index contributed by atoms with van der Waals surface area (Å²) in [4.78, 5) is 38.8. The molecule has 1 saturated heterocycles. The Labute approximate surface area is 172 Å². The third kappa shape index (κ3) is 3.70. The molecule has 1 aliphatic rings. The van der Waals surface area contributed by atoms with E-state index in [0.29, 0.717) is 11.3 Å². The van der Waals surface area contributed by atoms with Crippen LogP contribution in [0.15, 0.2) is 36.4 Å². The average Bonchev–Trinajstić information content (AvgIpc) is 2.95. The Hall–Kier alpha value is -3.49. The molecule has 2 aromatic carbocycles. The summed E-state index contributed by atoms with van der Waals surface area (Å²) < 4.78 is 31.6. The molecule has 4 amide bonds. The quantitative estimate of drug-likeness (QED) is 0.707. The smallest absolute Gasteiger partial charge is 0.325 e. The van der Waals surface area contributed by atoms with E-state index in [1.165, 1.54) is 13.2 Å². The summed E-state index contributed by atoms with van der Waals surface area (Å²) in [6.07, 6.45) is 0.268. The van der Waals surface area contributed by atoms with Gasteiger partial charge in [-0.15, -0.1) is 0 Å². The van der Waals surface area contributed by atoms with E-state index in [9.17, 15) is 23.2 Å². The van der Waals surface area contributed by atoms with Gasteiger partial charge >= 0.3 is 6.03 Å². The fourth-order valence-electron chi connectivity index (χ4n) is 3.47. The number of nitrogens with zero attached hydrogens (tertiary/aromatic N) is 1. The second-order valence-electron chi connectivity index (χ2n) is 6.94. The molecule has 0 aliphatic carbocycles. The van der Waals surface area contributed by atoms with Crippen molar-refractivity contribution < 1.29 is 27.9 Å². The van der Waals surface area contributed by atoms with Crippen LogP contribution in [0.3, 0.4) is 0 Å². The summed E-state index contributed by atoms with van der Waals surface area (Å²) in [6, 6.07) is 7.31. The number of anilines is 1. The zero-order chi connectivity index (χ0) is 22.1. The number of halogens is 2. The van der Waals surface area contributed by atoms with E-state index in [-0.39, 0.29) is 12.1 Å². The summed E-state index contributed by atoms with van der Waals surface area (Å²) >= 11 is 0. The van der Waals surface area contributed by atoms with Gasteiger partial charge < -0.3 is 15.4 Å². The monoisotopic (exact) mass is 417 g/mol. The lowest BCUT2D eigenvalue weighted by Crippen LogP contribution is -2.44. The molecule has 0 saturated carbocycles. The van der Waals surface area contributed by atoms with E-state index in [2.05, 4.69) is 10.6 Å². The molecule has 0 radical (unpaired) electrons. The lowest BCUT2D eigenvalue weighted by atomic mass is 9.86. The highest BCUT2D eigenvalue weighted by atomic mass is 19.2. The zero-order valence-electron chi connectivity index (χ0n) is 16.7. The molecule has 9 heteroatoms. The Balaban J connectivity index is 1.81. The average molecular weight is 417 g/mol. The van der Waals surface area contributed by atoms with Crippen LogP contribution in [-0.2, 0) is 15.1 Å². The molecule has 1 fully saturated rings. The Bertz CT molecular complexity index is 1030. The highest BCUT2D eigenvalue weighted by Crippen LogP contribution is 2.34. The molecule has 1 heterocycles. The Morgan fingerprint density at radius 2 is 1.90 bits per heavy atom. The maximum Gasteiger partial charge on any atom is 0.325 e. The lowest BCUT2D eigenvalue weighted by molar-refractivity contribution is -0.134. The molecule has 7 nitrogen and oxygen atoms in total. The van der Waals surface area contributed by atoms with Crippen molar-refractivity contribution in [3.63, 3.8) is 0 Å². The third-order valence-electron chi connectivity index (χ3n) is 5.10. The number of imide groups is 1. The largest absolute Gasteiger partial charge is 0.496 e. The molecule has 3 rings (SSSR count). The number of rotatable bonds is 6. The molecule has 0 aromatic heterocycles. The predicted molar refractivity (Wildman–Crippen MR) is 105 cm³/mol. The number of hydrogen-bond donors (Lipinski definition) is 2. The number of amides is 4. The van der Waals surface area contributed by atoms with Crippen molar-refractivity contribution in [2.75, 3.05) is 19.0 Å². The fraction of sp³-hybridized carbons (Fsp3) is 0.286. The standard InChI is InChI=1S/C21H21F2N3O4/c1-4-21(13-5-8-17(30-3)12(2)9-13)19(28)26(20(29)25-21)11-18(27)24-14-6-7-15(22)16(23)10-14/h5-10H,4,11H2,1-3H3,(H,24,27)(H,25,29). The van der Waals surface area contributed by atoms with Crippen molar-refractivity contribution in [3.05, 3.63) is 59.2 Å². The van der Waals surface area contributed by atoms with Gasteiger partial charge in [0.15, 0.2) is 11.6 Å². The summed E-state index contributed by atoms with van der Waals surface area (Å²) in [5.74, 6) is -2.82. The number of hydrogen-bond acceptors (Lipinski definition) is 4. The fourth-order valence-corrected chi connectivity index (χ4v) is 3.47. The SMILES string of the molecule is CCC1(c2ccc(OC)c(C)c2)NC(=O)N(CC(=O)Nc2ccc(F)c(F)c2)C1=O. The first-order chi connectivity index (χ1) is 14.2. The maximum absolute atomic E-state index is 13.3. The van der Waals surface area contributed by atoms with E-state index in [1.54, 1.807) is 25.1 Å². The minimum absolute atomic E-state index is 0.0125. The van der Waals surface area contributed by atoms with Crippen LogP contribution in [0.4, 0.5) is 19.3 Å². The minimum Gasteiger partial charge on any atom is -0.496 e. The number of methoxy groups -OCH3 is 1. The van der Waals surface area contributed by atoms with Crippen LogP contribution >= 0.6 is 0 Å². The van der Waals surface area contributed by atoms with Gasteiger partial charge in [0.1, 0.15) is 17.8 Å². The minimum atomic E-state index is -1.31. The Kier molecular flexibility index (Phi) is 5.73. The molecule has 2 aromatic rings. The highest BCUT2D eigenvalue weighted by molar-refractivity contribution is 6.10. The first-order valence-corrected chi connectivity index (χ1v) is 9.26. The summed E-state index contributed by atoms with van der Waals surface area (Å²) in [5, 5.41) is 5.04. The second-order valence-corrected chi connectivity index (χ2v) is 6.94. The van der Waals surface area contributed by atoms with Gasteiger partial charge in [0, 0.05) is 11.8 Å². The van der Waals surface area contributed by atoms with Crippen molar-refractivity contribution in [1.29, 1.82) is 0 Å². The Morgan fingerprint density at radius 1 is 1.17 bits per heavy atom. The first-order valence-electron chi connectivity index (χ1n) is 9.26. The van der Waals surface area contributed by atoms with Gasteiger partial charge in [0.25, 0.3) is 5.91 Å². The molecule has 1 atom stereocenters. The van der Waals surface area contributed by atoms with Gasteiger partial charge in [-0.1, -0.05) is 13.0 Å². The number of ether oxygens (including phenoxy) is 1. The summed E-state index contributed by atoms with van der Waals surface area (Å²) in [7, 11) is 1.54. The number of aryl methyl sites for hydroxylation is 1. The molecule has 1 aliphatic heterocycles. The third-order valence-corrected chi connectivity index (χ3v) is 5.10.